The highest BCUT2D eigenvalue weighted by atomic mass is 16.6. The Bertz CT molecular complexity index is 1010. The lowest BCUT2D eigenvalue weighted by Gasteiger charge is -2.26. The third-order valence-corrected chi connectivity index (χ3v) is 4.74. The van der Waals surface area contributed by atoms with Gasteiger partial charge in [-0.05, 0) is 23.3 Å². The zero-order valence-corrected chi connectivity index (χ0v) is 17.7. The van der Waals surface area contributed by atoms with E-state index in [1.165, 1.54) is 29.2 Å². The topological polar surface area (TPSA) is 208 Å². The summed E-state index contributed by atoms with van der Waals surface area (Å²) in [7, 11) is 0. The molecule has 2 rings (SSSR count). The van der Waals surface area contributed by atoms with Gasteiger partial charge in [0.25, 0.3) is 0 Å². The Labute approximate surface area is 192 Å². The number of nitro groups is 2. The number of hydrogen-bond donors (Lipinski definition) is 4. The number of phenolic OH excluding ortho intramolecular Hbond substituents is 2. The highest BCUT2D eigenvalue weighted by molar-refractivity contribution is 5.72. The first-order valence-electron chi connectivity index (χ1n) is 9.77. The van der Waals surface area contributed by atoms with Crippen molar-refractivity contribution >= 4 is 23.3 Å². The van der Waals surface area contributed by atoms with Crippen LogP contribution >= 0.6 is 0 Å². The predicted octanol–water partition coefficient (Wildman–Crippen LogP) is 1.39. The number of nitro benzene ring substituents is 2. The molecule has 0 amide bonds. The van der Waals surface area contributed by atoms with Crippen LogP contribution in [0, 0.1) is 20.2 Å². The van der Waals surface area contributed by atoms with E-state index < -0.39 is 57.7 Å². The summed E-state index contributed by atoms with van der Waals surface area (Å²) < 4.78 is 0. The lowest BCUT2D eigenvalue weighted by atomic mass is 10.1. The second-order valence-electron chi connectivity index (χ2n) is 7.37. The molecule has 182 valence electrons. The summed E-state index contributed by atoms with van der Waals surface area (Å²) in [6, 6.07) is 7.49. The van der Waals surface area contributed by atoms with Crippen molar-refractivity contribution in [3.05, 3.63) is 67.8 Å². The Morgan fingerprint density at radius 3 is 1.44 bits per heavy atom. The van der Waals surface area contributed by atoms with Crippen molar-refractivity contribution in [2.24, 2.45) is 0 Å². The minimum atomic E-state index is -1.21. The van der Waals surface area contributed by atoms with Gasteiger partial charge in [0, 0.05) is 38.3 Å². The van der Waals surface area contributed by atoms with Gasteiger partial charge in [0.15, 0.2) is 11.5 Å². The van der Waals surface area contributed by atoms with Gasteiger partial charge in [-0.15, -0.1) is 0 Å². The smallest absolute Gasteiger partial charge is 0.317 e. The minimum absolute atomic E-state index is 0.0243. The maximum Gasteiger partial charge on any atom is 0.317 e. The van der Waals surface area contributed by atoms with Crippen LogP contribution in [0.15, 0.2) is 36.4 Å². The highest BCUT2D eigenvalue weighted by Crippen LogP contribution is 2.29. The van der Waals surface area contributed by atoms with Crippen LogP contribution in [0.3, 0.4) is 0 Å². The third-order valence-electron chi connectivity index (χ3n) is 4.74. The number of aliphatic carboxylic acids is 2. The average Bonchev–Trinajstić information content (AvgIpc) is 2.70. The van der Waals surface area contributed by atoms with Crippen LogP contribution in [0.1, 0.15) is 11.1 Å². The number of rotatable bonds is 13. The van der Waals surface area contributed by atoms with E-state index in [-0.39, 0.29) is 26.2 Å². The van der Waals surface area contributed by atoms with E-state index in [9.17, 15) is 40.0 Å². The van der Waals surface area contributed by atoms with Gasteiger partial charge in [0.05, 0.1) is 22.9 Å². The Morgan fingerprint density at radius 2 is 1.12 bits per heavy atom. The summed E-state index contributed by atoms with van der Waals surface area (Å²) in [5, 5.41) is 59.7. The fourth-order valence-electron chi connectivity index (χ4n) is 3.25. The van der Waals surface area contributed by atoms with E-state index in [1.54, 1.807) is 4.90 Å². The van der Waals surface area contributed by atoms with Crippen molar-refractivity contribution in [1.82, 2.24) is 9.80 Å². The lowest BCUT2D eigenvalue weighted by Crippen LogP contribution is -2.40. The summed E-state index contributed by atoms with van der Waals surface area (Å²) in [4.78, 5) is 45.4. The summed E-state index contributed by atoms with van der Waals surface area (Å²) in [5.41, 5.74) is -0.0242. The molecule has 14 nitrogen and oxygen atoms in total. The van der Waals surface area contributed by atoms with Crippen LogP contribution in [-0.2, 0) is 22.7 Å². The predicted molar refractivity (Wildman–Crippen MR) is 115 cm³/mol. The highest BCUT2D eigenvalue weighted by Gasteiger charge is 2.19. The molecule has 0 fully saturated rings. The number of phenols is 2. The van der Waals surface area contributed by atoms with E-state index in [1.807, 2.05) is 0 Å². The van der Waals surface area contributed by atoms with E-state index in [2.05, 4.69) is 0 Å². The van der Waals surface area contributed by atoms with E-state index >= 15 is 0 Å². The van der Waals surface area contributed by atoms with Crippen molar-refractivity contribution in [2.45, 2.75) is 13.1 Å². The molecule has 0 heterocycles. The van der Waals surface area contributed by atoms with Gasteiger partial charge in [-0.1, -0.05) is 12.1 Å². The first-order chi connectivity index (χ1) is 16.0. The van der Waals surface area contributed by atoms with Crippen molar-refractivity contribution in [1.29, 1.82) is 0 Å². The maximum atomic E-state index is 11.1. The quantitative estimate of drug-likeness (QED) is 0.238. The van der Waals surface area contributed by atoms with Crippen molar-refractivity contribution in [3.8, 4) is 11.5 Å². The molecule has 0 saturated carbocycles. The molecule has 0 atom stereocenters. The van der Waals surface area contributed by atoms with Crippen molar-refractivity contribution in [3.63, 3.8) is 0 Å². The summed E-state index contributed by atoms with van der Waals surface area (Å²) >= 11 is 0. The molecule has 0 aliphatic rings. The molecule has 2 aromatic carbocycles. The standard InChI is InChI=1S/C20H22N4O10/c25-17-7-13(1-3-15(17)23(31)32)9-21(5-6-22(11-19(27)28)12-20(29)30)10-14-2-4-16(24(33)34)18(26)8-14/h1-4,7-8,25-26H,5-6,9-12H2,(H,27,28)(H,29,30). The largest absolute Gasteiger partial charge is 0.502 e. The number of nitrogens with zero attached hydrogens (tertiary/aromatic N) is 4. The summed E-state index contributed by atoms with van der Waals surface area (Å²) in [6.45, 7) is -0.658. The lowest BCUT2D eigenvalue weighted by molar-refractivity contribution is -0.386. The SMILES string of the molecule is O=C(O)CN(CCN(Cc1ccc([N+](=O)[O-])c(O)c1)Cc1ccc([N+](=O)[O-])c(O)c1)CC(=O)O. The molecule has 0 saturated heterocycles. The number of hydrogen-bond acceptors (Lipinski definition) is 10. The van der Waals surface area contributed by atoms with Crippen LogP contribution in [0.4, 0.5) is 11.4 Å². The van der Waals surface area contributed by atoms with Gasteiger partial charge < -0.3 is 20.4 Å². The molecule has 14 heteroatoms. The van der Waals surface area contributed by atoms with Gasteiger partial charge in [0.2, 0.25) is 0 Å². The van der Waals surface area contributed by atoms with Crippen molar-refractivity contribution in [2.75, 3.05) is 26.2 Å². The van der Waals surface area contributed by atoms with E-state index in [0.717, 1.165) is 12.1 Å². The zero-order chi connectivity index (χ0) is 25.4. The van der Waals surface area contributed by atoms with Crippen LogP contribution < -0.4 is 0 Å². The number of aromatic hydroxyl groups is 2. The zero-order valence-electron chi connectivity index (χ0n) is 17.7. The van der Waals surface area contributed by atoms with Gasteiger partial charge in [-0.25, -0.2) is 0 Å². The Kier molecular flexibility index (Phi) is 8.80. The molecule has 0 aromatic heterocycles. The maximum absolute atomic E-state index is 11.1. The van der Waals surface area contributed by atoms with Crippen LogP contribution in [0.5, 0.6) is 11.5 Å². The molecule has 2 aromatic rings. The number of carboxylic acids is 2. The fourth-order valence-corrected chi connectivity index (χ4v) is 3.25. The Balaban J connectivity index is 2.26. The number of carboxylic acid groups (broad SMARTS) is 2. The molecule has 0 aliphatic carbocycles. The molecule has 0 radical (unpaired) electrons. The Hall–Kier alpha value is -4.30. The van der Waals surface area contributed by atoms with Crippen LogP contribution in [0.25, 0.3) is 0 Å². The molecule has 0 spiro atoms. The molecule has 0 aliphatic heterocycles. The summed E-state index contributed by atoms with van der Waals surface area (Å²) in [6.07, 6.45) is 0. The third kappa shape index (κ3) is 7.68. The van der Waals surface area contributed by atoms with Crippen molar-refractivity contribution < 1.29 is 39.9 Å². The molecule has 0 bridgehead atoms. The molecule has 0 unspecified atom stereocenters. The second-order valence-corrected chi connectivity index (χ2v) is 7.37. The van der Waals surface area contributed by atoms with Gasteiger partial charge in [-0.2, -0.15) is 0 Å². The fraction of sp³-hybridized carbons (Fsp3) is 0.300. The van der Waals surface area contributed by atoms with Gasteiger partial charge >= 0.3 is 23.3 Å². The molecule has 34 heavy (non-hydrogen) atoms. The number of carbonyl (C=O) groups is 2. The summed E-state index contributed by atoms with van der Waals surface area (Å²) in [5.74, 6) is -3.52. The van der Waals surface area contributed by atoms with Gasteiger partial charge in [0.1, 0.15) is 0 Å². The molecular formula is C20H22N4O10. The molecule has 4 N–H and O–H groups in total. The van der Waals surface area contributed by atoms with E-state index in [0.29, 0.717) is 11.1 Å². The first-order valence-corrected chi connectivity index (χ1v) is 9.77. The minimum Gasteiger partial charge on any atom is -0.502 e. The normalized spacial score (nSPS) is 11.0. The van der Waals surface area contributed by atoms with Gasteiger partial charge in [-0.3, -0.25) is 39.6 Å². The van der Waals surface area contributed by atoms with Crippen LogP contribution in [-0.4, -0.2) is 78.2 Å². The average molecular weight is 478 g/mol. The first kappa shape index (κ1) is 26.0. The number of benzene rings is 2. The van der Waals surface area contributed by atoms with E-state index in [4.69, 9.17) is 10.2 Å². The second kappa shape index (κ2) is 11.5. The molecular weight excluding hydrogens is 456 g/mol. The van der Waals surface area contributed by atoms with Crippen LogP contribution in [0.2, 0.25) is 0 Å². The Morgan fingerprint density at radius 1 is 0.735 bits per heavy atom. The monoisotopic (exact) mass is 478 g/mol.